The fourth-order valence-electron chi connectivity index (χ4n) is 3.71. The number of hydrogen-bond acceptors (Lipinski definition) is 3. The smallest absolute Gasteiger partial charge is 0.243 e. The van der Waals surface area contributed by atoms with Crippen LogP contribution in [0.15, 0.2) is 17.5 Å². The van der Waals surface area contributed by atoms with E-state index in [1.165, 1.54) is 24.1 Å². The van der Waals surface area contributed by atoms with Gasteiger partial charge in [-0.3, -0.25) is 9.59 Å². The van der Waals surface area contributed by atoms with Crippen molar-refractivity contribution >= 4 is 23.2 Å². The van der Waals surface area contributed by atoms with Gasteiger partial charge in [0.1, 0.15) is 6.04 Å². The predicted octanol–water partition coefficient (Wildman–Crippen LogP) is 3.12. The molecule has 0 radical (unpaired) electrons. The first-order chi connectivity index (χ1) is 11.2. The van der Waals surface area contributed by atoms with Gasteiger partial charge in [0.05, 0.1) is 0 Å². The summed E-state index contributed by atoms with van der Waals surface area (Å²) in [7, 11) is 0. The molecule has 1 N–H and O–H groups in total. The largest absolute Gasteiger partial charge is 0.352 e. The Bertz CT molecular complexity index is 523. The van der Waals surface area contributed by atoms with E-state index in [1.54, 1.807) is 11.3 Å². The summed E-state index contributed by atoms with van der Waals surface area (Å²) in [5.74, 6) is 0.193. The second-order valence-corrected chi connectivity index (χ2v) is 7.70. The lowest BCUT2D eigenvalue weighted by molar-refractivity contribution is -0.138. The molecule has 0 unspecified atom stereocenters. The average Bonchev–Trinajstić information content (AvgIpc) is 3.25. The lowest BCUT2D eigenvalue weighted by Gasteiger charge is -2.28. The van der Waals surface area contributed by atoms with Crippen LogP contribution in [0, 0.1) is 0 Å². The highest BCUT2D eigenvalue weighted by Crippen LogP contribution is 2.22. The van der Waals surface area contributed by atoms with Gasteiger partial charge in [0, 0.05) is 23.9 Å². The molecule has 1 atom stereocenters. The molecule has 2 heterocycles. The minimum atomic E-state index is -0.243. The molecule has 5 heteroatoms. The number of nitrogens with zero attached hydrogens (tertiary/aromatic N) is 1. The van der Waals surface area contributed by atoms with Crippen molar-refractivity contribution in [3.63, 3.8) is 0 Å². The molecule has 23 heavy (non-hydrogen) atoms. The van der Waals surface area contributed by atoms with E-state index in [9.17, 15) is 9.59 Å². The fraction of sp³-hybridized carbons (Fsp3) is 0.667. The maximum Gasteiger partial charge on any atom is 0.243 e. The van der Waals surface area contributed by atoms with Crippen molar-refractivity contribution in [2.45, 2.75) is 69.9 Å². The molecule has 1 saturated heterocycles. The molecule has 2 amide bonds. The van der Waals surface area contributed by atoms with Crippen LogP contribution >= 0.6 is 11.3 Å². The van der Waals surface area contributed by atoms with Crippen LogP contribution in [0.4, 0.5) is 0 Å². The number of likely N-dealkylation sites (tertiary alicyclic amines) is 1. The molecule has 2 aliphatic rings. The summed E-state index contributed by atoms with van der Waals surface area (Å²) in [6, 6.07) is 4.16. The number of rotatable bonds is 5. The number of aryl methyl sites for hydroxylation is 1. The Kier molecular flexibility index (Phi) is 5.70. The molecule has 1 aromatic heterocycles. The molecular formula is C18H26N2O2S. The van der Waals surface area contributed by atoms with Gasteiger partial charge in [0.2, 0.25) is 11.8 Å². The average molecular weight is 334 g/mol. The molecule has 1 aliphatic heterocycles. The minimum absolute atomic E-state index is 0.0684. The number of thiophene rings is 1. The molecule has 0 bridgehead atoms. The van der Waals surface area contributed by atoms with Crippen LogP contribution in [0.1, 0.15) is 56.2 Å². The van der Waals surface area contributed by atoms with E-state index < -0.39 is 0 Å². The molecule has 0 spiro atoms. The summed E-state index contributed by atoms with van der Waals surface area (Å²) in [4.78, 5) is 28.1. The molecule has 4 nitrogen and oxygen atoms in total. The van der Waals surface area contributed by atoms with Crippen LogP contribution in [0.3, 0.4) is 0 Å². The Balaban J connectivity index is 1.51. The monoisotopic (exact) mass is 334 g/mol. The third-order valence-electron chi connectivity index (χ3n) is 4.99. The van der Waals surface area contributed by atoms with Crippen molar-refractivity contribution < 1.29 is 9.59 Å². The number of nitrogens with one attached hydrogen (secondary N) is 1. The molecule has 3 rings (SSSR count). The summed E-state index contributed by atoms with van der Waals surface area (Å²) in [6.45, 7) is 0.728. The van der Waals surface area contributed by atoms with Gasteiger partial charge >= 0.3 is 0 Å². The summed E-state index contributed by atoms with van der Waals surface area (Å²) in [6.07, 6.45) is 8.91. The minimum Gasteiger partial charge on any atom is -0.352 e. The zero-order valence-corrected chi connectivity index (χ0v) is 14.4. The molecule has 1 aliphatic carbocycles. The molecule has 2 fully saturated rings. The van der Waals surface area contributed by atoms with Gasteiger partial charge in [-0.15, -0.1) is 11.3 Å². The van der Waals surface area contributed by atoms with E-state index in [2.05, 4.69) is 11.4 Å². The third-order valence-corrected chi connectivity index (χ3v) is 5.93. The lowest BCUT2D eigenvalue weighted by atomic mass is 9.95. The van der Waals surface area contributed by atoms with Gasteiger partial charge in [-0.25, -0.2) is 0 Å². The van der Waals surface area contributed by atoms with Gasteiger partial charge < -0.3 is 10.2 Å². The van der Waals surface area contributed by atoms with Crippen molar-refractivity contribution in [3.05, 3.63) is 22.4 Å². The maximum atomic E-state index is 12.6. The van der Waals surface area contributed by atoms with Crippen molar-refractivity contribution in [3.8, 4) is 0 Å². The number of carbonyl (C=O) groups excluding carboxylic acids is 2. The molecule has 1 saturated carbocycles. The predicted molar refractivity (Wildman–Crippen MR) is 92.4 cm³/mol. The summed E-state index contributed by atoms with van der Waals surface area (Å²) < 4.78 is 0. The summed E-state index contributed by atoms with van der Waals surface area (Å²) in [5, 5.41) is 5.22. The Morgan fingerprint density at radius 3 is 2.74 bits per heavy atom. The van der Waals surface area contributed by atoms with Crippen molar-refractivity contribution in [1.29, 1.82) is 0 Å². The van der Waals surface area contributed by atoms with Crippen LogP contribution in [-0.2, 0) is 16.0 Å². The van der Waals surface area contributed by atoms with Crippen molar-refractivity contribution in [2.75, 3.05) is 6.54 Å². The summed E-state index contributed by atoms with van der Waals surface area (Å²) >= 11 is 1.69. The Morgan fingerprint density at radius 2 is 2.00 bits per heavy atom. The standard InChI is InChI=1S/C18H26N2O2S/c21-17(11-10-15-8-5-13-23-15)20-12-4-9-16(20)18(22)19-14-6-2-1-3-7-14/h5,8,13-14,16H,1-4,6-7,9-12H2,(H,19,22)/t16-/m0/s1. The van der Waals surface area contributed by atoms with Gasteiger partial charge in [0.15, 0.2) is 0 Å². The highest BCUT2D eigenvalue weighted by Gasteiger charge is 2.34. The van der Waals surface area contributed by atoms with E-state index in [0.29, 0.717) is 12.5 Å². The Morgan fingerprint density at radius 1 is 1.17 bits per heavy atom. The second kappa shape index (κ2) is 7.95. The van der Waals surface area contributed by atoms with E-state index in [4.69, 9.17) is 0 Å². The quantitative estimate of drug-likeness (QED) is 0.899. The zero-order valence-electron chi connectivity index (χ0n) is 13.6. The number of amides is 2. The highest BCUT2D eigenvalue weighted by atomic mass is 32.1. The molecule has 126 valence electrons. The highest BCUT2D eigenvalue weighted by molar-refractivity contribution is 7.09. The first kappa shape index (κ1) is 16.5. The van der Waals surface area contributed by atoms with Crippen LogP contribution < -0.4 is 5.32 Å². The first-order valence-electron chi connectivity index (χ1n) is 8.86. The fourth-order valence-corrected chi connectivity index (χ4v) is 4.42. The Hall–Kier alpha value is -1.36. The van der Waals surface area contributed by atoms with E-state index in [-0.39, 0.29) is 17.9 Å². The second-order valence-electron chi connectivity index (χ2n) is 6.67. The van der Waals surface area contributed by atoms with E-state index in [1.807, 2.05) is 16.3 Å². The number of hydrogen-bond donors (Lipinski definition) is 1. The molecular weight excluding hydrogens is 308 g/mol. The Labute approximate surface area is 142 Å². The van der Waals surface area contributed by atoms with Crippen molar-refractivity contribution in [1.82, 2.24) is 10.2 Å². The molecule has 1 aromatic rings. The van der Waals surface area contributed by atoms with E-state index in [0.717, 1.165) is 38.6 Å². The van der Waals surface area contributed by atoms with Gasteiger partial charge in [-0.1, -0.05) is 25.3 Å². The van der Waals surface area contributed by atoms with Crippen LogP contribution in [-0.4, -0.2) is 35.3 Å². The van der Waals surface area contributed by atoms with Crippen LogP contribution in [0.2, 0.25) is 0 Å². The van der Waals surface area contributed by atoms with Gasteiger partial charge in [-0.05, 0) is 43.6 Å². The maximum absolute atomic E-state index is 12.6. The van der Waals surface area contributed by atoms with Gasteiger partial charge in [0.25, 0.3) is 0 Å². The molecule has 0 aromatic carbocycles. The normalized spacial score (nSPS) is 22.3. The van der Waals surface area contributed by atoms with Crippen molar-refractivity contribution in [2.24, 2.45) is 0 Å². The third kappa shape index (κ3) is 4.34. The zero-order chi connectivity index (χ0) is 16.1. The topological polar surface area (TPSA) is 49.4 Å². The van der Waals surface area contributed by atoms with E-state index >= 15 is 0 Å². The van der Waals surface area contributed by atoms with Gasteiger partial charge in [-0.2, -0.15) is 0 Å². The first-order valence-corrected chi connectivity index (χ1v) is 9.74. The summed E-state index contributed by atoms with van der Waals surface area (Å²) in [5.41, 5.74) is 0. The SMILES string of the molecule is O=C(NC1CCCCC1)[C@@H]1CCCN1C(=O)CCc1cccs1. The number of carbonyl (C=O) groups is 2. The lowest BCUT2D eigenvalue weighted by Crippen LogP contribution is -2.49. The van der Waals surface area contributed by atoms with Crippen LogP contribution in [0.5, 0.6) is 0 Å². The van der Waals surface area contributed by atoms with Crippen LogP contribution in [0.25, 0.3) is 0 Å².